The van der Waals surface area contributed by atoms with Crippen LogP contribution in [-0.4, -0.2) is 29.9 Å². The first kappa shape index (κ1) is 17.4. The van der Waals surface area contributed by atoms with Gasteiger partial charge in [-0.2, -0.15) is 0 Å². The number of carbonyl (C=O) groups is 3. The second-order valence-corrected chi connectivity index (χ2v) is 6.38. The third-order valence-corrected chi connectivity index (χ3v) is 4.60. The molecule has 126 valence electrons. The Morgan fingerprint density at radius 1 is 1.43 bits per heavy atom. The summed E-state index contributed by atoms with van der Waals surface area (Å²) in [5.41, 5.74) is 1.44. The number of ketones is 1. The Morgan fingerprint density at radius 3 is 2.74 bits per heavy atom. The number of esters is 2. The van der Waals surface area contributed by atoms with E-state index in [2.05, 4.69) is 6.58 Å². The van der Waals surface area contributed by atoms with E-state index in [0.717, 1.165) is 5.57 Å². The van der Waals surface area contributed by atoms with Gasteiger partial charge in [-0.15, -0.1) is 0 Å². The zero-order valence-electron chi connectivity index (χ0n) is 14.0. The van der Waals surface area contributed by atoms with E-state index in [1.165, 1.54) is 0 Å². The minimum Gasteiger partial charge on any atom is -0.462 e. The van der Waals surface area contributed by atoms with Crippen molar-refractivity contribution < 1.29 is 23.9 Å². The highest BCUT2D eigenvalue weighted by Crippen LogP contribution is 2.40. The van der Waals surface area contributed by atoms with Crippen LogP contribution in [0.15, 0.2) is 23.8 Å². The Hall–Kier alpha value is -1.91. The van der Waals surface area contributed by atoms with Crippen LogP contribution in [0.5, 0.6) is 0 Å². The molecule has 0 radical (unpaired) electrons. The van der Waals surface area contributed by atoms with Gasteiger partial charge in [-0.1, -0.05) is 26.0 Å². The third kappa shape index (κ3) is 3.89. The molecule has 0 N–H and O–H groups in total. The number of ether oxygens (including phenoxy) is 2. The van der Waals surface area contributed by atoms with Crippen molar-refractivity contribution in [3.63, 3.8) is 0 Å². The van der Waals surface area contributed by atoms with Gasteiger partial charge >= 0.3 is 11.9 Å². The monoisotopic (exact) mass is 320 g/mol. The largest absolute Gasteiger partial charge is 0.462 e. The van der Waals surface area contributed by atoms with Crippen LogP contribution in [0.25, 0.3) is 0 Å². The molecule has 5 heteroatoms. The number of allylic oxidation sites excluding steroid dienone is 1. The van der Waals surface area contributed by atoms with Gasteiger partial charge in [-0.25, -0.2) is 4.79 Å². The fourth-order valence-electron chi connectivity index (χ4n) is 3.23. The van der Waals surface area contributed by atoms with Gasteiger partial charge in [0.15, 0.2) is 0 Å². The fraction of sp³-hybridized carbons (Fsp3) is 0.611. The molecule has 1 aliphatic carbocycles. The second-order valence-electron chi connectivity index (χ2n) is 6.38. The molecule has 0 spiro atoms. The van der Waals surface area contributed by atoms with Crippen molar-refractivity contribution in [1.82, 2.24) is 0 Å². The lowest BCUT2D eigenvalue weighted by molar-refractivity contribution is -0.152. The molecule has 23 heavy (non-hydrogen) atoms. The molecule has 0 unspecified atom stereocenters. The smallest absolute Gasteiger partial charge is 0.334 e. The van der Waals surface area contributed by atoms with Gasteiger partial charge < -0.3 is 14.3 Å². The molecule has 0 aromatic carbocycles. The van der Waals surface area contributed by atoms with E-state index in [9.17, 15) is 14.4 Å². The van der Waals surface area contributed by atoms with Crippen molar-refractivity contribution >= 4 is 17.7 Å². The van der Waals surface area contributed by atoms with Crippen molar-refractivity contribution in [3.05, 3.63) is 23.8 Å². The summed E-state index contributed by atoms with van der Waals surface area (Å²) in [4.78, 5) is 34.9. The molecule has 4 atom stereocenters. The molecule has 1 aliphatic heterocycles. The first-order chi connectivity index (χ1) is 10.8. The van der Waals surface area contributed by atoms with Gasteiger partial charge in [0.05, 0.1) is 5.92 Å². The van der Waals surface area contributed by atoms with Crippen LogP contribution in [0.4, 0.5) is 0 Å². The molecule has 0 bridgehead atoms. The highest BCUT2D eigenvalue weighted by atomic mass is 16.6. The van der Waals surface area contributed by atoms with Gasteiger partial charge in [0.1, 0.15) is 18.0 Å². The molecule has 0 saturated carbocycles. The summed E-state index contributed by atoms with van der Waals surface area (Å²) < 4.78 is 11.0. The van der Waals surface area contributed by atoms with E-state index >= 15 is 0 Å². The van der Waals surface area contributed by atoms with Gasteiger partial charge in [0.25, 0.3) is 0 Å². The number of rotatable bonds is 5. The Bertz CT molecular complexity index is 560. The Labute approximate surface area is 136 Å². The number of hydrogen-bond donors (Lipinski definition) is 0. The highest BCUT2D eigenvalue weighted by molar-refractivity contribution is 5.91. The lowest BCUT2D eigenvalue weighted by Crippen LogP contribution is -2.32. The van der Waals surface area contributed by atoms with Crippen LogP contribution < -0.4 is 0 Å². The number of hydrogen-bond acceptors (Lipinski definition) is 5. The summed E-state index contributed by atoms with van der Waals surface area (Å²) in [7, 11) is 0. The highest BCUT2D eigenvalue weighted by Gasteiger charge is 2.46. The minimum atomic E-state index is -0.462. The predicted molar refractivity (Wildman–Crippen MR) is 84.5 cm³/mol. The third-order valence-electron chi connectivity index (χ3n) is 4.60. The van der Waals surface area contributed by atoms with E-state index in [4.69, 9.17) is 9.47 Å². The molecule has 2 aliphatic rings. The normalized spacial score (nSPS) is 30.1. The maximum absolute atomic E-state index is 11.9. The Balaban J connectivity index is 2.26. The van der Waals surface area contributed by atoms with Crippen LogP contribution in [0.2, 0.25) is 0 Å². The Kier molecular flexibility index (Phi) is 5.39. The summed E-state index contributed by atoms with van der Waals surface area (Å²) in [5.74, 6) is -0.786. The lowest BCUT2D eigenvalue weighted by atomic mass is 9.88. The molecule has 1 saturated heterocycles. The van der Waals surface area contributed by atoms with Gasteiger partial charge in [-0.3, -0.25) is 4.79 Å². The molecule has 2 rings (SSSR count). The van der Waals surface area contributed by atoms with E-state index in [1.54, 1.807) is 13.8 Å². The average molecular weight is 320 g/mol. The van der Waals surface area contributed by atoms with E-state index in [-0.39, 0.29) is 30.0 Å². The molecule has 5 nitrogen and oxygen atoms in total. The SMILES string of the molecule is C=C1C(=O)O[C@H]2C=C(CCC(C)=O)[C@H](C)C[C@H](OC(=O)CC)[C@H]12. The van der Waals surface area contributed by atoms with Gasteiger partial charge in [-0.05, 0) is 31.8 Å². The number of Topliss-reactive ketones (excluding diaryl/α,β-unsaturated/α-hetero) is 1. The summed E-state index contributed by atoms with van der Waals surface area (Å²) >= 11 is 0. The molecular formula is C18H24O5. The predicted octanol–water partition coefficient (Wildman–Crippen LogP) is 2.74. The zero-order valence-corrected chi connectivity index (χ0v) is 14.0. The van der Waals surface area contributed by atoms with Crippen molar-refractivity contribution in [2.24, 2.45) is 11.8 Å². The summed E-state index contributed by atoms with van der Waals surface area (Å²) in [6.45, 7) is 9.17. The average Bonchev–Trinajstić information content (AvgIpc) is 2.69. The van der Waals surface area contributed by atoms with Crippen molar-refractivity contribution in [3.8, 4) is 0 Å². The number of fused-ring (bicyclic) bond motifs is 1. The molecule has 0 aromatic rings. The lowest BCUT2D eigenvalue weighted by Gasteiger charge is -2.25. The maximum atomic E-state index is 11.9. The van der Waals surface area contributed by atoms with Gasteiger partial charge in [0.2, 0.25) is 0 Å². The van der Waals surface area contributed by atoms with Crippen LogP contribution in [0, 0.1) is 11.8 Å². The minimum absolute atomic E-state index is 0.126. The van der Waals surface area contributed by atoms with Gasteiger partial charge in [0, 0.05) is 18.4 Å². The van der Waals surface area contributed by atoms with Crippen LogP contribution >= 0.6 is 0 Å². The van der Waals surface area contributed by atoms with Crippen LogP contribution in [0.1, 0.15) is 46.5 Å². The molecule has 1 fully saturated rings. The van der Waals surface area contributed by atoms with Crippen LogP contribution in [0.3, 0.4) is 0 Å². The van der Waals surface area contributed by atoms with Crippen molar-refractivity contribution in [2.45, 2.75) is 58.7 Å². The quantitative estimate of drug-likeness (QED) is 0.442. The molecule has 1 heterocycles. The summed E-state index contributed by atoms with van der Waals surface area (Å²) in [5, 5.41) is 0. The maximum Gasteiger partial charge on any atom is 0.334 e. The van der Waals surface area contributed by atoms with E-state index in [1.807, 2.05) is 13.0 Å². The summed E-state index contributed by atoms with van der Waals surface area (Å²) in [6.07, 6.45) is 3.03. The number of carbonyl (C=O) groups excluding carboxylic acids is 3. The van der Waals surface area contributed by atoms with Crippen molar-refractivity contribution in [2.75, 3.05) is 0 Å². The second kappa shape index (κ2) is 7.11. The molecular weight excluding hydrogens is 296 g/mol. The Morgan fingerprint density at radius 2 is 2.13 bits per heavy atom. The molecule has 0 aromatic heterocycles. The molecule has 0 amide bonds. The summed E-state index contributed by atoms with van der Waals surface area (Å²) in [6, 6.07) is 0. The van der Waals surface area contributed by atoms with Crippen molar-refractivity contribution in [1.29, 1.82) is 0 Å². The first-order valence-corrected chi connectivity index (χ1v) is 8.12. The fourth-order valence-corrected chi connectivity index (χ4v) is 3.23. The standard InChI is InChI=1S/C18H24O5/c1-5-16(20)22-14-8-10(2)13(7-6-11(3)19)9-15-17(14)12(4)18(21)23-15/h9-10,14-15,17H,4-8H2,1-3H3/t10-,14+,15+,17+/m1/s1. The zero-order chi connectivity index (χ0) is 17.1. The van der Waals surface area contributed by atoms with Crippen LogP contribution in [-0.2, 0) is 23.9 Å². The topological polar surface area (TPSA) is 69.7 Å². The van der Waals surface area contributed by atoms with E-state index < -0.39 is 18.2 Å². The first-order valence-electron chi connectivity index (χ1n) is 8.12. The van der Waals surface area contributed by atoms with E-state index in [0.29, 0.717) is 24.8 Å².